The molecule has 1 amide bonds. The Hall–Kier alpha value is -0.730. The monoisotopic (exact) mass is 199 g/mol. The molecular weight excluding hydrogens is 178 g/mol. The Labute approximate surface area is 86.4 Å². The first-order chi connectivity index (χ1) is 6.63. The van der Waals surface area contributed by atoms with E-state index in [1.54, 1.807) is 0 Å². The number of amides is 1. The van der Waals surface area contributed by atoms with Crippen molar-refractivity contribution in [2.45, 2.75) is 46.1 Å². The van der Waals surface area contributed by atoms with Crippen LogP contribution in [0.2, 0.25) is 0 Å². The summed E-state index contributed by atoms with van der Waals surface area (Å²) in [5, 5.41) is 0. The summed E-state index contributed by atoms with van der Waals surface area (Å²) < 4.78 is 5.26. The molecule has 0 saturated carbocycles. The summed E-state index contributed by atoms with van der Waals surface area (Å²) in [5.41, 5.74) is 0. The molecule has 0 spiro atoms. The minimum atomic E-state index is -0.133. The van der Waals surface area contributed by atoms with Crippen molar-refractivity contribution in [3.05, 3.63) is 0 Å². The van der Waals surface area contributed by atoms with Gasteiger partial charge < -0.3 is 9.64 Å². The molecule has 82 valence electrons. The Bertz CT molecular complexity index is 186. The smallest absolute Gasteiger partial charge is 0.410 e. The average Bonchev–Trinajstić information content (AvgIpc) is 2.18. The highest BCUT2D eigenvalue weighted by molar-refractivity contribution is 5.67. The molecule has 0 N–H and O–H groups in total. The van der Waals surface area contributed by atoms with Gasteiger partial charge in [0.05, 0.1) is 0 Å². The SMILES string of the molecule is CCC(C)OC(=O)N1CCC(C)CC1. The van der Waals surface area contributed by atoms with Gasteiger partial charge in [-0.15, -0.1) is 0 Å². The maximum Gasteiger partial charge on any atom is 0.410 e. The molecule has 14 heavy (non-hydrogen) atoms. The van der Waals surface area contributed by atoms with Crippen LogP contribution in [0.15, 0.2) is 0 Å². The number of hydrogen-bond acceptors (Lipinski definition) is 2. The molecular formula is C11H21NO2. The van der Waals surface area contributed by atoms with E-state index in [2.05, 4.69) is 6.92 Å². The molecule has 3 heteroatoms. The van der Waals surface area contributed by atoms with Crippen molar-refractivity contribution in [2.24, 2.45) is 5.92 Å². The fourth-order valence-electron chi connectivity index (χ4n) is 1.52. The number of carbonyl (C=O) groups excluding carboxylic acids is 1. The number of nitrogens with zero attached hydrogens (tertiary/aromatic N) is 1. The molecule has 0 aromatic rings. The zero-order valence-corrected chi connectivity index (χ0v) is 9.45. The van der Waals surface area contributed by atoms with Crippen LogP contribution in [0.25, 0.3) is 0 Å². The normalized spacial score (nSPS) is 20.6. The van der Waals surface area contributed by atoms with E-state index >= 15 is 0 Å². The lowest BCUT2D eigenvalue weighted by Crippen LogP contribution is -2.39. The predicted molar refractivity (Wildman–Crippen MR) is 56.2 cm³/mol. The van der Waals surface area contributed by atoms with Crippen molar-refractivity contribution in [3.63, 3.8) is 0 Å². The molecule has 1 unspecified atom stereocenters. The number of rotatable bonds is 2. The molecule has 1 aliphatic rings. The van der Waals surface area contributed by atoms with Gasteiger partial charge in [-0.05, 0) is 32.1 Å². The number of carbonyl (C=O) groups is 1. The van der Waals surface area contributed by atoms with Crippen LogP contribution < -0.4 is 0 Å². The van der Waals surface area contributed by atoms with Gasteiger partial charge in [0.25, 0.3) is 0 Å². The third-order valence-corrected chi connectivity index (χ3v) is 2.92. The van der Waals surface area contributed by atoms with Crippen molar-refractivity contribution >= 4 is 6.09 Å². The molecule has 0 radical (unpaired) electrons. The fraction of sp³-hybridized carbons (Fsp3) is 0.909. The minimum Gasteiger partial charge on any atom is -0.446 e. The number of piperidine rings is 1. The Kier molecular flexibility index (Phi) is 4.23. The fourth-order valence-corrected chi connectivity index (χ4v) is 1.52. The summed E-state index contributed by atoms with van der Waals surface area (Å²) in [6.45, 7) is 7.91. The summed E-state index contributed by atoms with van der Waals surface area (Å²) >= 11 is 0. The Morgan fingerprint density at radius 3 is 2.57 bits per heavy atom. The molecule has 3 nitrogen and oxygen atoms in total. The molecule has 1 saturated heterocycles. The Morgan fingerprint density at radius 1 is 1.50 bits per heavy atom. The Balaban J connectivity index is 2.30. The van der Waals surface area contributed by atoms with Crippen molar-refractivity contribution in [1.82, 2.24) is 4.90 Å². The first kappa shape index (κ1) is 11.3. The van der Waals surface area contributed by atoms with E-state index in [4.69, 9.17) is 4.74 Å². The topological polar surface area (TPSA) is 29.5 Å². The molecule has 1 atom stereocenters. The van der Waals surface area contributed by atoms with Crippen molar-refractivity contribution in [1.29, 1.82) is 0 Å². The lowest BCUT2D eigenvalue weighted by molar-refractivity contribution is 0.0590. The van der Waals surface area contributed by atoms with Gasteiger partial charge in [-0.25, -0.2) is 4.79 Å². The third kappa shape index (κ3) is 3.20. The highest BCUT2D eigenvalue weighted by atomic mass is 16.6. The van der Waals surface area contributed by atoms with Gasteiger partial charge >= 0.3 is 6.09 Å². The number of likely N-dealkylation sites (tertiary alicyclic amines) is 1. The number of hydrogen-bond donors (Lipinski definition) is 0. The van der Waals surface area contributed by atoms with E-state index < -0.39 is 0 Å². The second kappa shape index (κ2) is 5.23. The zero-order valence-electron chi connectivity index (χ0n) is 9.45. The van der Waals surface area contributed by atoms with Crippen LogP contribution in [0.3, 0.4) is 0 Å². The third-order valence-electron chi connectivity index (χ3n) is 2.92. The highest BCUT2D eigenvalue weighted by Crippen LogP contribution is 2.17. The first-order valence-electron chi connectivity index (χ1n) is 5.59. The molecule has 0 aliphatic carbocycles. The van der Waals surface area contributed by atoms with Gasteiger partial charge in [0.2, 0.25) is 0 Å². The Morgan fingerprint density at radius 2 is 2.07 bits per heavy atom. The van der Waals surface area contributed by atoms with Crippen LogP contribution in [0.1, 0.15) is 40.0 Å². The van der Waals surface area contributed by atoms with E-state index in [0.29, 0.717) is 0 Å². The summed E-state index contributed by atoms with van der Waals surface area (Å²) in [4.78, 5) is 13.4. The van der Waals surface area contributed by atoms with E-state index in [0.717, 1.165) is 38.3 Å². The molecule has 0 bridgehead atoms. The predicted octanol–water partition coefficient (Wildman–Crippen LogP) is 2.65. The molecule has 0 aromatic carbocycles. The summed E-state index contributed by atoms with van der Waals surface area (Å²) in [6, 6.07) is 0. The van der Waals surface area contributed by atoms with Crippen LogP contribution in [-0.4, -0.2) is 30.2 Å². The van der Waals surface area contributed by atoms with Crippen LogP contribution in [-0.2, 0) is 4.74 Å². The van der Waals surface area contributed by atoms with Gasteiger partial charge in [0.15, 0.2) is 0 Å². The van der Waals surface area contributed by atoms with Crippen LogP contribution in [0.5, 0.6) is 0 Å². The molecule has 1 heterocycles. The van der Waals surface area contributed by atoms with E-state index in [-0.39, 0.29) is 12.2 Å². The van der Waals surface area contributed by atoms with E-state index in [1.165, 1.54) is 0 Å². The van der Waals surface area contributed by atoms with Gasteiger partial charge in [0.1, 0.15) is 6.10 Å². The first-order valence-corrected chi connectivity index (χ1v) is 5.59. The largest absolute Gasteiger partial charge is 0.446 e. The lowest BCUT2D eigenvalue weighted by Gasteiger charge is -2.30. The molecule has 1 fully saturated rings. The summed E-state index contributed by atoms with van der Waals surface area (Å²) in [6.07, 6.45) is 3.01. The number of ether oxygens (including phenoxy) is 1. The lowest BCUT2D eigenvalue weighted by atomic mass is 10.00. The van der Waals surface area contributed by atoms with Crippen LogP contribution >= 0.6 is 0 Å². The summed E-state index contributed by atoms with van der Waals surface area (Å²) in [7, 11) is 0. The van der Waals surface area contributed by atoms with Gasteiger partial charge in [-0.1, -0.05) is 13.8 Å². The van der Waals surface area contributed by atoms with E-state index in [1.807, 2.05) is 18.7 Å². The zero-order chi connectivity index (χ0) is 10.6. The minimum absolute atomic E-state index is 0.0434. The van der Waals surface area contributed by atoms with Crippen molar-refractivity contribution < 1.29 is 9.53 Å². The maximum absolute atomic E-state index is 11.6. The van der Waals surface area contributed by atoms with E-state index in [9.17, 15) is 4.79 Å². The highest BCUT2D eigenvalue weighted by Gasteiger charge is 2.22. The second-order valence-electron chi connectivity index (χ2n) is 4.27. The molecule has 1 rings (SSSR count). The molecule has 1 aliphatic heterocycles. The average molecular weight is 199 g/mol. The van der Waals surface area contributed by atoms with Gasteiger partial charge in [-0.2, -0.15) is 0 Å². The summed E-state index contributed by atoms with van der Waals surface area (Å²) in [5.74, 6) is 0.752. The van der Waals surface area contributed by atoms with Gasteiger partial charge in [-0.3, -0.25) is 0 Å². The van der Waals surface area contributed by atoms with Gasteiger partial charge in [0, 0.05) is 13.1 Å². The quantitative estimate of drug-likeness (QED) is 0.684. The van der Waals surface area contributed by atoms with Crippen molar-refractivity contribution in [2.75, 3.05) is 13.1 Å². The van der Waals surface area contributed by atoms with Crippen molar-refractivity contribution in [3.8, 4) is 0 Å². The van der Waals surface area contributed by atoms with Crippen LogP contribution in [0, 0.1) is 5.92 Å². The maximum atomic E-state index is 11.6. The molecule has 0 aromatic heterocycles. The standard InChI is InChI=1S/C11H21NO2/c1-4-10(3)14-11(13)12-7-5-9(2)6-8-12/h9-10H,4-8H2,1-3H3. The van der Waals surface area contributed by atoms with Crippen LogP contribution in [0.4, 0.5) is 4.79 Å². The second-order valence-corrected chi connectivity index (χ2v) is 4.27.